The monoisotopic (exact) mass is 572 g/mol. The number of esters is 1. The Hall–Kier alpha value is -2.62. The number of hydrogen-bond donors (Lipinski definition) is 4. The minimum Gasteiger partial charge on any atom is -0.505 e. The summed E-state index contributed by atoms with van der Waals surface area (Å²) in [6.07, 6.45) is 3.23. The highest BCUT2D eigenvalue weighted by Gasteiger charge is 2.75. The van der Waals surface area contributed by atoms with Crippen LogP contribution in [0.3, 0.4) is 0 Å². The van der Waals surface area contributed by atoms with Crippen molar-refractivity contribution < 1.29 is 44.3 Å². The van der Waals surface area contributed by atoms with E-state index in [1.165, 1.54) is 26.0 Å². The standard InChI is InChI=1S/C32H44O9/c1-16(33)41-27(2,3)11-10-22(37)32(9,40)25-21(36)14-29(6)24-19(34)12-17-18(13-20(35)26(39)28(17,4)5)31(24,8)23(38)15-30(25,29)7/h10-13,18-19,21,24-25,34-36,40H,14-15H2,1-9H3. The third-order valence-electron chi connectivity index (χ3n) is 11.1. The molecule has 0 amide bonds. The lowest BCUT2D eigenvalue weighted by molar-refractivity contribution is -0.190. The fourth-order valence-electron chi connectivity index (χ4n) is 9.07. The lowest BCUT2D eigenvalue weighted by Crippen LogP contribution is -2.67. The molecule has 4 aliphatic carbocycles. The zero-order valence-corrected chi connectivity index (χ0v) is 25.4. The number of carbonyl (C=O) groups excluding carboxylic acids is 4. The van der Waals surface area contributed by atoms with Crippen LogP contribution in [0.1, 0.15) is 75.2 Å². The van der Waals surface area contributed by atoms with Gasteiger partial charge in [-0.3, -0.25) is 19.2 Å². The van der Waals surface area contributed by atoms with Crippen LogP contribution in [0, 0.1) is 39.4 Å². The molecule has 4 N–H and O–H groups in total. The van der Waals surface area contributed by atoms with Crippen molar-refractivity contribution in [3.8, 4) is 0 Å². The molecule has 0 heterocycles. The van der Waals surface area contributed by atoms with E-state index >= 15 is 0 Å². The molecule has 0 aromatic rings. The van der Waals surface area contributed by atoms with Crippen LogP contribution < -0.4 is 0 Å². The number of hydrogen-bond acceptors (Lipinski definition) is 9. The van der Waals surface area contributed by atoms with Crippen molar-refractivity contribution >= 4 is 23.3 Å². The molecule has 0 saturated heterocycles. The predicted molar refractivity (Wildman–Crippen MR) is 149 cm³/mol. The Kier molecular flexibility index (Phi) is 7.02. The van der Waals surface area contributed by atoms with E-state index in [9.17, 15) is 39.6 Å². The normalized spacial score (nSPS) is 41.5. The van der Waals surface area contributed by atoms with E-state index in [0.717, 1.165) is 6.08 Å². The maximum atomic E-state index is 14.3. The summed E-state index contributed by atoms with van der Waals surface area (Å²) in [6.45, 7) is 14.5. The van der Waals surface area contributed by atoms with E-state index in [1.54, 1.807) is 47.6 Å². The molecule has 0 spiro atoms. The van der Waals surface area contributed by atoms with E-state index in [0.29, 0.717) is 5.57 Å². The van der Waals surface area contributed by atoms with E-state index in [-0.39, 0.29) is 18.6 Å². The zero-order chi connectivity index (χ0) is 31.3. The number of fused-ring (bicyclic) bond motifs is 5. The van der Waals surface area contributed by atoms with Crippen LogP contribution >= 0.6 is 0 Å². The second kappa shape index (κ2) is 9.19. The topological polar surface area (TPSA) is 158 Å². The molecular weight excluding hydrogens is 528 g/mol. The summed E-state index contributed by atoms with van der Waals surface area (Å²) in [6, 6.07) is 0. The van der Waals surface area contributed by atoms with Gasteiger partial charge in [-0.1, -0.05) is 32.4 Å². The lowest BCUT2D eigenvalue weighted by atomic mass is 9.38. The molecule has 0 bridgehead atoms. The minimum atomic E-state index is -2.10. The van der Waals surface area contributed by atoms with Crippen molar-refractivity contribution in [3.05, 3.63) is 35.6 Å². The van der Waals surface area contributed by atoms with Crippen LogP contribution in [0.2, 0.25) is 0 Å². The maximum Gasteiger partial charge on any atom is 0.303 e. The average Bonchev–Trinajstić information content (AvgIpc) is 3.01. The van der Waals surface area contributed by atoms with Crippen LogP contribution in [-0.4, -0.2) is 67.2 Å². The molecule has 2 fully saturated rings. The number of aliphatic hydroxyl groups is 4. The first kappa shape index (κ1) is 31.3. The highest BCUT2D eigenvalue weighted by molar-refractivity contribution is 6.02. The van der Waals surface area contributed by atoms with Gasteiger partial charge >= 0.3 is 5.97 Å². The van der Waals surface area contributed by atoms with Crippen molar-refractivity contribution in [2.45, 2.75) is 98.6 Å². The Morgan fingerprint density at radius 3 is 2.17 bits per heavy atom. The molecule has 0 radical (unpaired) electrons. The molecular formula is C32H44O9. The van der Waals surface area contributed by atoms with Crippen molar-refractivity contribution in [2.24, 2.45) is 39.4 Å². The number of ketones is 3. The molecule has 0 aromatic heterocycles. The van der Waals surface area contributed by atoms with Gasteiger partial charge < -0.3 is 25.2 Å². The first-order valence-electron chi connectivity index (χ1n) is 14.2. The van der Waals surface area contributed by atoms with Gasteiger partial charge in [0.25, 0.3) is 0 Å². The number of rotatable bonds is 5. The fourth-order valence-corrected chi connectivity index (χ4v) is 9.07. The van der Waals surface area contributed by atoms with Crippen molar-refractivity contribution in [1.29, 1.82) is 0 Å². The Morgan fingerprint density at radius 2 is 1.61 bits per heavy atom. The molecule has 9 heteroatoms. The third kappa shape index (κ3) is 4.21. The molecule has 9 atom stereocenters. The second-order valence-electron chi connectivity index (χ2n) is 14.6. The largest absolute Gasteiger partial charge is 0.505 e. The van der Waals surface area contributed by atoms with E-state index in [2.05, 4.69) is 0 Å². The number of allylic oxidation sites excluding steroid dienone is 3. The summed E-state index contributed by atoms with van der Waals surface area (Å²) in [4.78, 5) is 52.0. The maximum absolute atomic E-state index is 14.3. The van der Waals surface area contributed by atoms with Gasteiger partial charge in [0.2, 0.25) is 5.78 Å². The molecule has 226 valence electrons. The zero-order valence-electron chi connectivity index (χ0n) is 25.4. The Bertz CT molecular complexity index is 1300. The Labute approximate surface area is 241 Å². The van der Waals surface area contributed by atoms with E-state index < -0.39 is 86.1 Å². The highest BCUT2D eigenvalue weighted by Crippen LogP contribution is 2.73. The van der Waals surface area contributed by atoms with Crippen molar-refractivity contribution in [2.75, 3.05) is 0 Å². The number of Topliss-reactive ketones (excluding diaryl/α,β-unsaturated/α-hetero) is 2. The highest BCUT2D eigenvalue weighted by atomic mass is 16.6. The summed E-state index contributed by atoms with van der Waals surface area (Å²) in [5, 5.41) is 45.5. The summed E-state index contributed by atoms with van der Waals surface area (Å²) in [5.41, 5.74) is -7.02. The molecule has 0 aliphatic heterocycles. The quantitative estimate of drug-likeness (QED) is 0.221. The molecule has 2 saturated carbocycles. The van der Waals surface area contributed by atoms with Gasteiger partial charge in [-0.05, 0) is 70.1 Å². The van der Waals surface area contributed by atoms with Gasteiger partial charge in [-0.15, -0.1) is 0 Å². The van der Waals surface area contributed by atoms with Crippen LogP contribution in [0.4, 0.5) is 0 Å². The summed E-state index contributed by atoms with van der Waals surface area (Å²) in [7, 11) is 0. The molecule has 9 unspecified atom stereocenters. The molecule has 4 aliphatic rings. The Morgan fingerprint density at radius 1 is 1.02 bits per heavy atom. The SMILES string of the molecule is CC(=O)OC(C)(C)C=CC(=O)C(C)(O)C1C(O)CC2(C)C3C(O)C=C4C(C=C(O)C(=O)C4(C)C)C3(C)C(=O)CC12C. The minimum absolute atomic E-state index is 0.0935. The van der Waals surface area contributed by atoms with Gasteiger partial charge in [-0.25, -0.2) is 0 Å². The molecule has 4 rings (SSSR count). The van der Waals surface area contributed by atoms with Gasteiger partial charge in [0.1, 0.15) is 17.0 Å². The van der Waals surface area contributed by atoms with E-state index in [1.807, 2.05) is 6.92 Å². The third-order valence-corrected chi connectivity index (χ3v) is 11.1. The summed E-state index contributed by atoms with van der Waals surface area (Å²) < 4.78 is 5.21. The lowest BCUT2D eigenvalue weighted by Gasteiger charge is -2.64. The summed E-state index contributed by atoms with van der Waals surface area (Å²) in [5.74, 6) is -4.83. The Balaban J connectivity index is 1.80. The second-order valence-corrected chi connectivity index (χ2v) is 14.6. The number of aliphatic hydroxyl groups excluding tert-OH is 3. The average molecular weight is 573 g/mol. The molecule has 0 aromatic carbocycles. The van der Waals surface area contributed by atoms with Crippen LogP contribution in [0.25, 0.3) is 0 Å². The van der Waals surface area contributed by atoms with Crippen molar-refractivity contribution in [3.63, 3.8) is 0 Å². The van der Waals surface area contributed by atoms with Gasteiger partial charge in [-0.2, -0.15) is 0 Å². The van der Waals surface area contributed by atoms with Crippen molar-refractivity contribution in [1.82, 2.24) is 0 Å². The molecule has 41 heavy (non-hydrogen) atoms. The number of ether oxygens (including phenoxy) is 1. The smallest absolute Gasteiger partial charge is 0.303 e. The van der Waals surface area contributed by atoms with Gasteiger partial charge in [0.15, 0.2) is 11.5 Å². The van der Waals surface area contributed by atoms with Gasteiger partial charge in [0.05, 0.1) is 17.6 Å². The first-order chi connectivity index (χ1) is 18.5. The van der Waals surface area contributed by atoms with Crippen LogP contribution in [0.15, 0.2) is 35.6 Å². The van der Waals surface area contributed by atoms with Crippen LogP contribution in [0.5, 0.6) is 0 Å². The fraction of sp³-hybridized carbons (Fsp3) is 0.688. The van der Waals surface area contributed by atoms with E-state index in [4.69, 9.17) is 4.74 Å². The predicted octanol–water partition coefficient (Wildman–Crippen LogP) is 3.16. The summed E-state index contributed by atoms with van der Waals surface area (Å²) >= 11 is 0. The number of carbonyl (C=O) groups is 4. The molecule has 9 nitrogen and oxygen atoms in total. The first-order valence-corrected chi connectivity index (χ1v) is 14.2. The van der Waals surface area contributed by atoms with Gasteiger partial charge in [0, 0.05) is 36.5 Å². The van der Waals surface area contributed by atoms with Crippen LogP contribution in [-0.2, 0) is 23.9 Å².